The third-order valence-electron chi connectivity index (χ3n) is 3.64. The Morgan fingerprint density at radius 2 is 1.70 bits per heavy atom. The number of carbonyl (C=O) groups is 1. The standard InChI is InChI=1S/C19H23NO3/c1-6-23-16-8-7-15(11-17(16)22-5)19(21)20-18-13(3)9-12(2)10-14(18)4/h7-11H,6H2,1-5H3,(H,20,21). The summed E-state index contributed by atoms with van der Waals surface area (Å²) in [6.07, 6.45) is 0. The van der Waals surface area contributed by atoms with Gasteiger partial charge in [0.2, 0.25) is 0 Å². The summed E-state index contributed by atoms with van der Waals surface area (Å²) in [6, 6.07) is 9.30. The molecule has 0 aliphatic carbocycles. The summed E-state index contributed by atoms with van der Waals surface area (Å²) >= 11 is 0. The van der Waals surface area contributed by atoms with Gasteiger partial charge < -0.3 is 14.8 Å². The molecule has 2 aromatic rings. The summed E-state index contributed by atoms with van der Waals surface area (Å²) in [4.78, 5) is 12.5. The number of nitrogens with one attached hydrogen (secondary N) is 1. The summed E-state index contributed by atoms with van der Waals surface area (Å²) < 4.78 is 10.8. The Kier molecular flexibility index (Phi) is 5.27. The summed E-state index contributed by atoms with van der Waals surface area (Å²) in [6.45, 7) is 8.48. The Labute approximate surface area is 137 Å². The molecule has 122 valence electrons. The Balaban J connectivity index is 2.28. The molecular weight excluding hydrogens is 290 g/mol. The van der Waals surface area contributed by atoms with E-state index in [1.807, 2.05) is 27.7 Å². The van der Waals surface area contributed by atoms with E-state index in [9.17, 15) is 4.79 Å². The summed E-state index contributed by atoms with van der Waals surface area (Å²) in [5, 5.41) is 2.99. The highest BCUT2D eigenvalue weighted by molar-refractivity contribution is 6.05. The minimum atomic E-state index is -0.165. The van der Waals surface area contributed by atoms with E-state index in [0.29, 0.717) is 23.7 Å². The molecule has 2 aromatic carbocycles. The second-order valence-electron chi connectivity index (χ2n) is 5.53. The summed E-state index contributed by atoms with van der Waals surface area (Å²) in [5.41, 5.74) is 4.67. The van der Waals surface area contributed by atoms with Crippen LogP contribution in [0.1, 0.15) is 34.0 Å². The molecule has 23 heavy (non-hydrogen) atoms. The number of benzene rings is 2. The van der Waals surface area contributed by atoms with Gasteiger partial charge in [-0.3, -0.25) is 4.79 Å². The molecule has 0 unspecified atom stereocenters. The first-order valence-corrected chi connectivity index (χ1v) is 7.66. The van der Waals surface area contributed by atoms with Crippen LogP contribution in [0, 0.1) is 20.8 Å². The minimum absolute atomic E-state index is 0.165. The number of rotatable bonds is 5. The van der Waals surface area contributed by atoms with Crippen molar-refractivity contribution in [3.8, 4) is 11.5 Å². The van der Waals surface area contributed by atoms with Gasteiger partial charge in [0, 0.05) is 11.3 Å². The Morgan fingerprint density at radius 3 is 2.26 bits per heavy atom. The molecular formula is C19H23NO3. The SMILES string of the molecule is CCOc1ccc(C(=O)Nc2c(C)cc(C)cc2C)cc1OC. The highest BCUT2D eigenvalue weighted by Crippen LogP contribution is 2.29. The van der Waals surface area contributed by atoms with Gasteiger partial charge in [0.25, 0.3) is 5.91 Å². The number of carbonyl (C=O) groups excluding carboxylic acids is 1. The second-order valence-corrected chi connectivity index (χ2v) is 5.53. The van der Waals surface area contributed by atoms with Gasteiger partial charge in [0.05, 0.1) is 13.7 Å². The topological polar surface area (TPSA) is 47.6 Å². The van der Waals surface area contributed by atoms with Crippen LogP contribution in [-0.2, 0) is 0 Å². The second kappa shape index (κ2) is 7.18. The van der Waals surface area contributed by atoms with Crippen LogP contribution in [0.5, 0.6) is 11.5 Å². The van der Waals surface area contributed by atoms with Crippen molar-refractivity contribution in [2.75, 3.05) is 19.0 Å². The summed E-state index contributed by atoms with van der Waals surface area (Å²) in [7, 11) is 1.56. The quantitative estimate of drug-likeness (QED) is 0.896. The molecule has 2 rings (SSSR count). The molecule has 1 N–H and O–H groups in total. The van der Waals surface area contributed by atoms with Crippen LogP contribution in [-0.4, -0.2) is 19.6 Å². The molecule has 0 fully saturated rings. The number of aryl methyl sites for hydroxylation is 3. The molecule has 0 atom stereocenters. The van der Waals surface area contributed by atoms with Crippen molar-refractivity contribution >= 4 is 11.6 Å². The van der Waals surface area contributed by atoms with Crippen molar-refractivity contribution in [2.45, 2.75) is 27.7 Å². The molecule has 0 saturated carbocycles. The van der Waals surface area contributed by atoms with Gasteiger partial charge in [0.1, 0.15) is 0 Å². The van der Waals surface area contributed by atoms with E-state index in [1.54, 1.807) is 25.3 Å². The first-order chi connectivity index (χ1) is 11.0. The van der Waals surface area contributed by atoms with E-state index in [2.05, 4.69) is 17.4 Å². The lowest BCUT2D eigenvalue weighted by Crippen LogP contribution is -2.14. The lowest BCUT2D eigenvalue weighted by atomic mass is 10.0. The van der Waals surface area contributed by atoms with Crippen molar-refractivity contribution in [1.82, 2.24) is 0 Å². The van der Waals surface area contributed by atoms with Crippen LogP contribution in [0.2, 0.25) is 0 Å². The van der Waals surface area contributed by atoms with Gasteiger partial charge in [-0.15, -0.1) is 0 Å². The van der Waals surface area contributed by atoms with Crippen molar-refractivity contribution in [2.24, 2.45) is 0 Å². The third kappa shape index (κ3) is 3.83. The van der Waals surface area contributed by atoms with Crippen LogP contribution in [0.25, 0.3) is 0 Å². The van der Waals surface area contributed by atoms with E-state index >= 15 is 0 Å². The lowest BCUT2D eigenvalue weighted by molar-refractivity contribution is 0.102. The number of hydrogen-bond donors (Lipinski definition) is 1. The molecule has 0 aromatic heterocycles. The van der Waals surface area contributed by atoms with Crippen molar-refractivity contribution in [3.05, 3.63) is 52.6 Å². The fourth-order valence-electron chi connectivity index (χ4n) is 2.65. The fraction of sp³-hybridized carbons (Fsp3) is 0.316. The smallest absolute Gasteiger partial charge is 0.255 e. The molecule has 0 bridgehead atoms. The van der Waals surface area contributed by atoms with Crippen molar-refractivity contribution in [3.63, 3.8) is 0 Å². The van der Waals surface area contributed by atoms with E-state index in [1.165, 1.54) is 5.56 Å². The molecule has 1 amide bonds. The summed E-state index contributed by atoms with van der Waals surface area (Å²) in [5.74, 6) is 1.02. The van der Waals surface area contributed by atoms with Gasteiger partial charge in [-0.25, -0.2) is 0 Å². The van der Waals surface area contributed by atoms with Crippen molar-refractivity contribution in [1.29, 1.82) is 0 Å². The molecule has 4 heteroatoms. The number of anilines is 1. The Bertz CT molecular complexity index is 700. The van der Waals surface area contributed by atoms with Gasteiger partial charge in [-0.2, -0.15) is 0 Å². The van der Waals surface area contributed by atoms with Gasteiger partial charge >= 0.3 is 0 Å². The van der Waals surface area contributed by atoms with Crippen LogP contribution in [0.4, 0.5) is 5.69 Å². The molecule has 0 spiro atoms. The number of amides is 1. The highest BCUT2D eigenvalue weighted by atomic mass is 16.5. The maximum atomic E-state index is 12.5. The van der Waals surface area contributed by atoms with E-state index in [0.717, 1.165) is 16.8 Å². The number of hydrogen-bond acceptors (Lipinski definition) is 3. The van der Waals surface area contributed by atoms with Crippen LogP contribution in [0.3, 0.4) is 0 Å². The molecule has 0 heterocycles. The molecule has 0 saturated heterocycles. The average Bonchev–Trinajstić information content (AvgIpc) is 2.51. The lowest BCUT2D eigenvalue weighted by Gasteiger charge is -2.14. The van der Waals surface area contributed by atoms with Crippen LogP contribution < -0.4 is 14.8 Å². The number of methoxy groups -OCH3 is 1. The van der Waals surface area contributed by atoms with Gasteiger partial charge in [0.15, 0.2) is 11.5 Å². The third-order valence-corrected chi connectivity index (χ3v) is 3.64. The largest absolute Gasteiger partial charge is 0.493 e. The van der Waals surface area contributed by atoms with Crippen LogP contribution >= 0.6 is 0 Å². The zero-order valence-electron chi connectivity index (χ0n) is 14.3. The Hall–Kier alpha value is -2.49. The normalized spacial score (nSPS) is 10.3. The van der Waals surface area contributed by atoms with Gasteiger partial charge in [-0.05, 0) is 57.0 Å². The van der Waals surface area contributed by atoms with E-state index in [4.69, 9.17) is 9.47 Å². The first kappa shape index (κ1) is 16.9. The van der Waals surface area contributed by atoms with Crippen LogP contribution in [0.15, 0.2) is 30.3 Å². The molecule has 0 radical (unpaired) electrons. The maximum Gasteiger partial charge on any atom is 0.255 e. The zero-order chi connectivity index (χ0) is 17.0. The zero-order valence-corrected chi connectivity index (χ0v) is 14.3. The van der Waals surface area contributed by atoms with Crippen molar-refractivity contribution < 1.29 is 14.3 Å². The predicted octanol–water partition coefficient (Wildman–Crippen LogP) is 4.27. The van der Waals surface area contributed by atoms with E-state index < -0.39 is 0 Å². The molecule has 0 aliphatic rings. The number of ether oxygens (including phenoxy) is 2. The fourth-order valence-corrected chi connectivity index (χ4v) is 2.65. The maximum absolute atomic E-state index is 12.5. The molecule has 0 aliphatic heterocycles. The predicted molar refractivity (Wildman–Crippen MR) is 92.8 cm³/mol. The first-order valence-electron chi connectivity index (χ1n) is 7.66. The molecule has 4 nitrogen and oxygen atoms in total. The average molecular weight is 313 g/mol. The monoisotopic (exact) mass is 313 g/mol. The van der Waals surface area contributed by atoms with E-state index in [-0.39, 0.29) is 5.91 Å². The van der Waals surface area contributed by atoms with Gasteiger partial charge in [-0.1, -0.05) is 17.7 Å². The Morgan fingerprint density at radius 1 is 1.04 bits per heavy atom. The highest BCUT2D eigenvalue weighted by Gasteiger charge is 2.13. The minimum Gasteiger partial charge on any atom is -0.493 e.